The van der Waals surface area contributed by atoms with E-state index < -0.39 is 35.7 Å². The zero-order chi connectivity index (χ0) is 40.1. The Balaban J connectivity index is 1.12. The van der Waals surface area contributed by atoms with Crippen LogP contribution in [0.15, 0.2) is 72.8 Å². The lowest BCUT2D eigenvalue weighted by molar-refractivity contribution is -0.144. The summed E-state index contributed by atoms with van der Waals surface area (Å²) >= 11 is 0. The fourth-order valence-corrected chi connectivity index (χ4v) is 8.59. The molecule has 3 aliphatic rings. The first-order valence-corrected chi connectivity index (χ1v) is 20.2. The van der Waals surface area contributed by atoms with Crippen LogP contribution in [0.3, 0.4) is 0 Å². The summed E-state index contributed by atoms with van der Waals surface area (Å²) in [4.78, 5) is 52.0. The first-order valence-electron chi connectivity index (χ1n) is 20.2. The van der Waals surface area contributed by atoms with E-state index in [0.29, 0.717) is 50.4 Å². The van der Waals surface area contributed by atoms with E-state index in [1.165, 1.54) is 0 Å². The Labute approximate surface area is 334 Å². The smallest absolute Gasteiger partial charge is 0.307 e. The minimum Gasteiger partial charge on any atom is -0.492 e. The van der Waals surface area contributed by atoms with Gasteiger partial charge in [-0.15, -0.1) is 0 Å². The van der Waals surface area contributed by atoms with Crippen LogP contribution in [0.25, 0.3) is 0 Å². The number of benzene rings is 3. The zero-order valence-corrected chi connectivity index (χ0v) is 32.4. The van der Waals surface area contributed by atoms with Gasteiger partial charge in [0.1, 0.15) is 18.1 Å². The third-order valence-corrected chi connectivity index (χ3v) is 11.8. The molecule has 0 radical (unpaired) electrons. The predicted molar refractivity (Wildman–Crippen MR) is 213 cm³/mol. The molecule has 6 rings (SSSR count). The molecule has 3 aromatic carbocycles. The number of ether oxygens (including phenoxy) is 2. The number of carboxylic acid groups (broad SMARTS) is 3. The molecule has 0 saturated carbocycles. The molecule has 0 unspecified atom stereocenters. The van der Waals surface area contributed by atoms with Crippen LogP contribution in [-0.4, -0.2) is 103 Å². The van der Waals surface area contributed by atoms with E-state index in [0.717, 1.165) is 61.2 Å². The van der Waals surface area contributed by atoms with Gasteiger partial charge in [0.05, 0.1) is 24.3 Å². The lowest BCUT2D eigenvalue weighted by Gasteiger charge is -2.24. The number of hydrogen-bond donors (Lipinski definition) is 6. The monoisotopic (exact) mass is 784 g/mol. The van der Waals surface area contributed by atoms with Gasteiger partial charge < -0.3 is 45.6 Å². The lowest BCUT2D eigenvalue weighted by Crippen LogP contribution is -2.37. The van der Waals surface area contributed by atoms with Gasteiger partial charge in [0.2, 0.25) is 0 Å². The fourth-order valence-electron chi connectivity index (χ4n) is 8.59. The van der Waals surface area contributed by atoms with Gasteiger partial charge in [0, 0.05) is 6.54 Å². The fraction of sp³-hybridized carbons (Fsp3) is 0.500. The topological polar surface area (TPSA) is 187 Å². The first kappa shape index (κ1) is 41.6. The molecular formula is C44H56N4O9. The maximum atomic E-state index is 13.9. The zero-order valence-electron chi connectivity index (χ0n) is 32.4. The number of rotatable bonds is 21. The lowest BCUT2D eigenvalue weighted by atomic mass is 9.86. The molecule has 3 heterocycles. The van der Waals surface area contributed by atoms with Crippen molar-refractivity contribution >= 4 is 23.8 Å². The summed E-state index contributed by atoms with van der Waals surface area (Å²) in [6.07, 6.45) is 3.62. The molecule has 306 valence electrons. The van der Waals surface area contributed by atoms with E-state index in [1.807, 2.05) is 60.7 Å². The van der Waals surface area contributed by atoms with Gasteiger partial charge >= 0.3 is 17.9 Å². The van der Waals surface area contributed by atoms with Crippen LogP contribution in [0.1, 0.15) is 41.5 Å². The highest BCUT2D eigenvalue weighted by molar-refractivity contribution is 5.78. The number of carbonyl (C=O) groups is 4. The summed E-state index contributed by atoms with van der Waals surface area (Å²) in [5.74, 6) is -3.01. The highest BCUT2D eigenvalue weighted by Gasteiger charge is 2.33. The molecule has 13 heteroatoms. The van der Waals surface area contributed by atoms with Crippen molar-refractivity contribution in [3.05, 3.63) is 95.1 Å². The Kier molecular flexibility index (Phi) is 14.9. The van der Waals surface area contributed by atoms with Crippen LogP contribution in [0.2, 0.25) is 0 Å². The van der Waals surface area contributed by atoms with Crippen molar-refractivity contribution in [2.75, 3.05) is 59.0 Å². The number of amides is 1. The molecule has 6 atom stereocenters. The van der Waals surface area contributed by atoms with Crippen LogP contribution in [0, 0.1) is 35.5 Å². The maximum Gasteiger partial charge on any atom is 0.307 e. The highest BCUT2D eigenvalue weighted by Crippen LogP contribution is 2.28. The summed E-state index contributed by atoms with van der Waals surface area (Å²) in [6, 6.07) is 22.4. The Morgan fingerprint density at radius 1 is 0.596 bits per heavy atom. The molecule has 0 aliphatic carbocycles. The van der Waals surface area contributed by atoms with Gasteiger partial charge in [0.25, 0.3) is 5.91 Å². The largest absolute Gasteiger partial charge is 0.492 e. The van der Waals surface area contributed by atoms with Gasteiger partial charge in [-0.25, -0.2) is 0 Å². The number of hydrogen-bond acceptors (Lipinski definition) is 9. The quantitative estimate of drug-likeness (QED) is 0.0921. The van der Waals surface area contributed by atoms with Crippen molar-refractivity contribution in [1.82, 2.24) is 20.9 Å². The molecule has 0 bridgehead atoms. The molecule has 3 aliphatic heterocycles. The van der Waals surface area contributed by atoms with Gasteiger partial charge in [-0.1, -0.05) is 48.5 Å². The molecule has 3 saturated heterocycles. The molecule has 13 nitrogen and oxygen atoms in total. The second kappa shape index (κ2) is 20.4. The average Bonchev–Trinajstić information content (AvgIpc) is 4.03. The minimum absolute atomic E-state index is 0.0521. The van der Waals surface area contributed by atoms with E-state index in [2.05, 4.69) is 16.0 Å². The van der Waals surface area contributed by atoms with Crippen molar-refractivity contribution < 1.29 is 44.0 Å². The van der Waals surface area contributed by atoms with Crippen LogP contribution in [0.5, 0.6) is 11.5 Å². The molecule has 6 N–H and O–H groups in total. The van der Waals surface area contributed by atoms with Gasteiger partial charge in [-0.3, -0.25) is 19.2 Å². The van der Waals surface area contributed by atoms with E-state index in [4.69, 9.17) is 9.47 Å². The molecule has 3 fully saturated rings. The summed E-state index contributed by atoms with van der Waals surface area (Å²) in [5.41, 5.74) is 3.43. The first-order chi connectivity index (χ1) is 27.6. The number of aliphatic carboxylic acids is 3. The standard InChI is InChI=1S/C44H56N4O9/c49-41(28-57-37-9-3-6-31(20-37)23-40(44(54)55)35-12-15-47-26-35)48(27-32-7-1-4-29(18-32)21-38(42(50)51)33-10-13-45-24-33)16-17-56-36-8-2-5-30(19-36)22-39(43(52)53)34-11-14-46-25-34/h1-9,18-20,33-35,38-40,45-47H,10-17,21-28H2,(H,50,51)(H,52,53)(H,54,55)/t33-,34-,35-,38-,39-,40-/m0/s1. The van der Waals surface area contributed by atoms with E-state index >= 15 is 0 Å². The number of nitrogens with zero attached hydrogens (tertiary/aromatic N) is 1. The average molecular weight is 785 g/mol. The molecule has 57 heavy (non-hydrogen) atoms. The van der Waals surface area contributed by atoms with E-state index in [9.17, 15) is 34.5 Å². The van der Waals surface area contributed by atoms with Crippen molar-refractivity contribution in [2.24, 2.45) is 35.5 Å². The molecule has 3 aromatic rings. The van der Waals surface area contributed by atoms with Crippen molar-refractivity contribution in [1.29, 1.82) is 0 Å². The Morgan fingerprint density at radius 2 is 1.02 bits per heavy atom. The summed E-state index contributed by atoms with van der Waals surface area (Å²) in [5, 5.41) is 39.7. The molecule has 1 amide bonds. The van der Waals surface area contributed by atoms with Crippen molar-refractivity contribution in [3.63, 3.8) is 0 Å². The number of nitrogens with one attached hydrogen (secondary N) is 3. The number of carbonyl (C=O) groups excluding carboxylic acids is 1. The highest BCUT2D eigenvalue weighted by atomic mass is 16.5. The summed E-state index contributed by atoms with van der Waals surface area (Å²) in [7, 11) is 0. The molecule has 0 spiro atoms. The van der Waals surface area contributed by atoms with Crippen molar-refractivity contribution in [3.8, 4) is 11.5 Å². The molecular weight excluding hydrogens is 729 g/mol. The van der Waals surface area contributed by atoms with Crippen LogP contribution < -0.4 is 25.4 Å². The van der Waals surface area contributed by atoms with Gasteiger partial charge in [-0.2, -0.15) is 0 Å². The predicted octanol–water partition coefficient (Wildman–Crippen LogP) is 3.73. The van der Waals surface area contributed by atoms with Crippen LogP contribution >= 0.6 is 0 Å². The minimum atomic E-state index is -0.820. The SMILES string of the molecule is O=C(O)[C@@H](Cc1cccc(CN(CCOc2cccc(C[C@H](C(=O)O)[C@H]3CCNC3)c2)C(=O)COc2cccc(C[C@H](C(=O)O)[C@H]3CCNC3)c2)c1)[C@H]1CCNC1. The Morgan fingerprint density at radius 3 is 1.46 bits per heavy atom. The van der Waals surface area contributed by atoms with E-state index in [-0.39, 0.29) is 50.0 Å². The van der Waals surface area contributed by atoms with Crippen LogP contribution in [0.4, 0.5) is 0 Å². The Bertz CT molecular complexity index is 1820. The third kappa shape index (κ3) is 12.0. The maximum absolute atomic E-state index is 13.9. The summed E-state index contributed by atoms with van der Waals surface area (Å²) < 4.78 is 12.2. The normalized spacial score (nSPS) is 20.7. The Hall–Kier alpha value is -4.98. The molecule has 0 aromatic heterocycles. The van der Waals surface area contributed by atoms with Gasteiger partial charge in [-0.05, 0) is 142 Å². The number of carboxylic acids is 3. The van der Waals surface area contributed by atoms with Gasteiger partial charge in [0.15, 0.2) is 6.61 Å². The third-order valence-electron chi connectivity index (χ3n) is 11.8. The van der Waals surface area contributed by atoms with E-state index in [1.54, 1.807) is 17.0 Å². The second-order valence-corrected chi connectivity index (χ2v) is 15.8. The van der Waals surface area contributed by atoms with Crippen LogP contribution in [-0.2, 0) is 45.0 Å². The summed E-state index contributed by atoms with van der Waals surface area (Å²) in [6.45, 7) is 4.88. The second-order valence-electron chi connectivity index (χ2n) is 15.8. The van der Waals surface area contributed by atoms with Crippen molar-refractivity contribution in [2.45, 2.75) is 45.1 Å².